The van der Waals surface area contributed by atoms with Crippen molar-refractivity contribution in [2.24, 2.45) is 26.1 Å². The van der Waals surface area contributed by atoms with Crippen LogP contribution < -0.4 is 0 Å². The lowest BCUT2D eigenvalue weighted by Gasteiger charge is -2.27. The van der Waals surface area contributed by atoms with Crippen molar-refractivity contribution in [2.75, 3.05) is 0 Å². The SMILES string of the molecule is CC1=C[C@@H]2C(c3ccccc3)=NC(N=Nc3c(O)[nH]c4ccccc34)=N[C@@H]2C=C1. The highest BCUT2D eigenvalue weighted by molar-refractivity contribution is 6.11. The molecule has 0 spiro atoms. The van der Waals surface area contributed by atoms with E-state index >= 15 is 0 Å². The van der Waals surface area contributed by atoms with Gasteiger partial charge in [-0.3, -0.25) is 0 Å². The summed E-state index contributed by atoms with van der Waals surface area (Å²) in [5.41, 5.74) is 4.34. The van der Waals surface area contributed by atoms with E-state index in [1.807, 2.05) is 54.6 Å². The second-order valence-corrected chi connectivity index (χ2v) is 7.15. The lowest BCUT2D eigenvalue weighted by Crippen LogP contribution is -2.31. The molecule has 3 aromatic rings. The van der Waals surface area contributed by atoms with Crippen molar-refractivity contribution >= 4 is 28.3 Å². The number of nitrogens with zero attached hydrogens (tertiary/aromatic N) is 4. The molecule has 29 heavy (non-hydrogen) atoms. The normalized spacial score (nSPS) is 21.1. The summed E-state index contributed by atoms with van der Waals surface area (Å²) in [6.45, 7) is 2.08. The molecule has 1 aliphatic carbocycles. The summed E-state index contributed by atoms with van der Waals surface area (Å²) in [6, 6.07) is 17.6. The van der Waals surface area contributed by atoms with Crippen molar-refractivity contribution in [3.63, 3.8) is 0 Å². The summed E-state index contributed by atoms with van der Waals surface area (Å²) in [5, 5.41) is 19.5. The van der Waals surface area contributed by atoms with Crippen LogP contribution in [0.15, 0.2) is 98.6 Å². The van der Waals surface area contributed by atoms with Crippen LogP contribution in [0.5, 0.6) is 5.88 Å². The maximum Gasteiger partial charge on any atom is 0.265 e. The fourth-order valence-corrected chi connectivity index (χ4v) is 3.74. The van der Waals surface area contributed by atoms with Crippen LogP contribution in [0.4, 0.5) is 5.69 Å². The number of hydrogen-bond donors (Lipinski definition) is 2. The smallest absolute Gasteiger partial charge is 0.265 e. The van der Waals surface area contributed by atoms with Crippen molar-refractivity contribution < 1.29 is 5.11 Å². The average molecular weight is 381 g/mol. The fraction of sp³-hybridized carbons (Fsp3) is 0.130. The van der Waals surface area contributed by atoms with Gasteiger partial charge in [0.05, 0.1) is 17.3 Å². The first-order chi connectivity index (χ1) is 14.2. The number of H-pyrrole nitrogens is 1. The molecule has 2 atom stereocenters. The largest absolute Gasteiger partial charge is 0.493 e. The zero-order valence-electron chi connectivity index (χ0n) is 15.8. The number of fused-ring (bicyclic) bond motifs is 2. The van der Waals surface area contributed by atoms with E-state index < -0.39 is 0 Å². The zero-order chi connectivity index (χ0) is 19.8. The summed E-state index contributed by atoms with van der Waals surface area (Å²) >= 11 is 0. The molecular weight excluding hydrogens is 362 g/mol. The first kappa shape index (κ1) is 17.3. The standard InChI is InChI=1S/C23H19N5O/c1-14-11-12-19-17(13-14)20(15-7-3-2-4-8-15)26-23(25-19)28-27-21-16-9-5-6-10-18(16)24-22(21)29/h2-13,17,19,24,29H,1H3/t17-,19+/m0/s1. The van der Waals surface area contributed by atoms with Crippen LogP contribution in [-0.4, -0.2) is 27.8 Å². The van der Waals surface area contributed by atoms with Crippen LogP contribution in [0.25, 0.3) is 10.9 Å². The predicted octanol–water partition coefficient (Wildman–Crippen LogP) is 5.32. The number of aromatic amines is 1. The third kappa shape index (κ3) is 3.18. The number of nitrogens with one attached hydrogen (secondary N) is 1. The molecule has 0 bridgehead atoms. The molecule has 0 unspecified atom stereocenters. The van der Waals surface area contributed by atoms with Gasteiger partial charge in [0.25, 0.3) is 5.96 Å². The van der Waals surface area contributed by atoms with Gasteiger partial charge in [0, 0.05) is 11.3 Å². The van der Waals surface area contributed by atoms with Crippen LogP contribution in [0.3, 0.4) is 0 Å². The Labute approximate surface area is 167 Å². The van der Waals surface area contributed by atoms with Gasteiger partial charge in [0.1, 0.15) is 0 Å². The van der Waals surface area contributed by atoms with Gasteiger partial charge in [-0.1, -0.05) is 72.3 Å². The molecular formula is C23H19N5O. The van der Waals surface area contributed by atoms with E-state index in [4.69, 9.17) is 4.99 Å². The predicted molar refractivity (Wildman–Crippen MR) is 115 cm³/mol. The van der Waals surface area contributed by atoms with Gasteiger partial charge in [-0.2, -0.15) is 0 Å². The number of hydrogen-bond acceptors (Lipinski definition) is 5. The lowest BCUT2D eigenvalue weighted by molar-refractivity contribution is 0.459. The minimum atomic E-state index is -0.0723. The number of aromatic nitrogens is 1. The molecule has 2 heterocycles. The highest BCUT2D eigenvalue weighted by Gasteiger charge is 2.30. The van der Waals surface area contributed by atoms with Crippen LogP contribution in [-0.2, 0) is 0 Å². The number of guanidine groups is 1. The van der Waals surface area contributed by atoms with Gasteiger partial charge >= 0.3 is 0 Å². The Kier molecular flexibility index (Phi) is 4.17. The van der Waals surface area contributed by atoms with Gasteiger partial charge in [-0.15, -0.1) is 10.2 Å². The number of aliphatic imine (C=N–C) groups is 2. The number of allylic oxidation sites excluding steroid dienone is 2. The monoisotopic (exact) mass is 381 g/mol. The number of benzene rings is 2. The van der Waals surface area contributed by atoms with Crippen LogP contribution in [0.2, 0.25) is 0 Å². The second-order valence-electron chi connectivity index (χ2n) is 7.15. The molecule has 0 saturated heterocycles. The van der Waals surface area contributed by atoms with Crippen molar-refractivity contribution in [3.8, 4) is 5.88 Å². The molecule has 2 N–H and O–H groups in total. The number of azo groups is 1. The maximum absolute atomic E-state index is 10.2. The Bertz CT molecular complexity index is 1230. The Morgan fingerprint density at radius 3 is 2.66 bits per heavy atom. The van der Waals surface area contributed by atoms with E-state index in [1.54, 1.807) is 0 Å². The van der Waals surface area contributed by atoms with Gasteiger partial charge in [0.15, 0.2) is 5.69 Å². The topological polar surface area (TPSA) is 85.5 Å². The molecule has 1 aliphatic heterocycles. The molecule has 142 valence electrons. The van der Waals surface area contributed by atoms with E-state index in [1.165, 1.54) is 5.57 Å². The molecule has 5 rings (SSSR count). The minimum Gasteiger partial charge on any atom is -0.493 e. The van der Waals surface area contributed by atoms with Gasteiger partial charge in [-0.25, -0.2) is 9.98 Å². The summed E-state index contributed by atoms with van der Waals surface area (Å²) in [4.78, 5) is 12.3. The fourth-order valence-electron chi connectivity index (χ4n) is 3.74. The van der Waals surface area contributed by atoms with Gasteiger partial charge < -0.3 is 10.1 Å². The second kappa shape index (κ2) is 6.98. The summed E-state index contributed by atoms with van der Waals surface area (Å²) in [6.07, 6.45) is 6.34. The third-order valence-corrected chi connectivity index (χ3v) is 5.14. The molecule has 6 heteroatoms. The highest BCUT2D eigenvalue weighted by Crippen LogP contribution is 2.35. The summed E-state index contributed by atoms with van der Waals surface area (Å²) in [7, 11) is 0. The van der Waals surface area contributed by atoms with Crippen molar-refractivity contribution in [1.82, 2.24) is 4.98 Å². The minimum absolute atomic E-state index is 0.0207. The Hall–Kier alpha value is -3.80. The summed E-state index contributed by atoms with van der Waals surface area (Å²) in [5.74, 6) is 0.350. The zero-order valence-corrected chi connectivity index (χ0v) is 15.8. The lowest BCUT2D eigenvalue weighted by atomic mass is 9.84. The number of rotatable bonds is 2. The molecule has 0 amide bonds. The molecule has 2 aliphatic rings. The summed E-state index contributed by atoms with van der Waals surface area (Å²) < 4.78 is 0. The average Bonchev–Trinajstić information content (AvgIpc) is 3.07. The van der Waals surface area contributed by atoms with E-state index in [0.29, 0.717) is 11.6 Å². The van der Waals surface area contributed by atoms with E-state index in [-0.39, 0.29) is 17.8 Å². The van der Waals surface area contributed by atoms with Crippen molar-refractivity contribution in [1.29, 1.82) is 0 Å². The Morgan fingerprint density at radius 1 is 1.00 bits per heavy atom. The highest BCUT2D eigenvalue weighted by atomic mass is 16.3. The molecule has 0 saturated carbocycles. The molecule has 1 aromatic heterocycles. The third-order valence-electron chi connectivity index (χ3n) is 5.14. The van der Waals surface area contributed by atoms with Gasteiger partial charge in [0.2, 0.25) is 5.88 Å². The number of para-hydroxylation sites is 1. The molecule has 6 nitrogen and oxygen atoms in total. The van der Waals surface area contributed by atoms with Crippen LogP contribution >= 0.6 is 0 Å². The molecule has 0 fully saturated rings. The van der Waals surface area contributed by atoms with Crippen LogP contribution in [0, 0.1) is 5.92 Å². The maximum atomic E-state index is 10.2. The number of aromatic hydroxyl groups is 1. The van der Waals surface area contributed by atoms with E-state index in [2.05, 4.69) is 45.4 Å². The van der Waals surface area contributed by atoms with E-state index in [0.717, 1.165) is 22.2 Å². The van der Waals surface area contributed by atoms with Crippen molar-refractivity contribution in [2.45, 2.75) is 13.0 Å². The first-order valence-corrected chi connectivity index (χ1v) is 9.49. The van der Waals surface area contributed by atoms with E-state index in [9.17, 15) is 5.11 Å². The van der Waals surface area contributed by atoms with Gasteiger partial charge in [-0.05, 0) is 18.6 Å². The van der Waals surface area contributed by atoms with Crippen molar-refractivity contribution in [3.05, 3.63) is 84.0 Å². The Morgan fingerprint density at radius 2 is 1.79 bits per heavy atom. The molecule has 0 radical (unpaired) electrons. The Balaban J connectivity index is 1.56. The molecule has 2 aromatic carbocycles. The van der Waals surface area contributed by atoms with Crippen LogP contribution in [0.1, 0.15) is 12.5 Å². The first-order valence-electron chi connectivity index (χ1n) is 9.49. The quantitative estimate of drug-likeness (QED) is 0.579.